The molecule has 0 aromatic carbocycles. The predicted molar refractivity (Wildman–Crippen MR) is 70.6 cm³/mol. The Bertz CT molecular complexity index is 525. The second-order valence-corrected chi connectivity index (χ2v) is 4.95. The van der Waals surface area contributed by atoms with Gasteiger partial charge in [-0.1, -0.05) is 11.6 Å². The summed E-state index contributed by atoms with van der Waals surface area (Å²) < 4.78 is 6.61. The van der Waals surface area contributed by atoms with Gasteiger partial charge in [0.15, 0.2) is 5.02 Å². The first-order valence-electron chi connectivity index (χ1n) is 6.24. The fraction of sp³-hybridized carbons (Fsp3) is 0.636. The third kappa shape index (κ3) is 3.26. The third-order valence-electron chi connectivity index (χ3n) is 3.13. The van der Waals surface area contributed by atoms with E-state index in [2.05, 4.69) is 10.4 Å². The average Bonchev–Trinajstić information content (AvgIpc) is 3.00. The highest BCUT2D eigenvalue weighted by Gasteiger charge is 2.25. The molecular weight excluding hydrogens is 288 g/mol. The number of hydrogen-bond donors (Lipinski definition) is 1. The summed E-state index contributed by atoms with van der Waals surface area (Å²) >= 11 is 5.80. The second-order valence-electron chi connectivity index (χ2n) is 4.58. The minimum Gasteiger partial charge on any atom is -0.376 e. The number of nitro groups is 1. The Labute approximate surface area is 120 Å². The van der Waals surface area contributed by atoms with Crippen LogP contribution in [-0.2, 0) is 16.1 Å². The van der Waals surface area contributed by atoms with Gasteiger partial charge in [-0.2, -0.15) is 4.68 Å². The fourth-order valence-electron chi connectivity index (χ4n) is 2.00. The van der Waals surface area contributed by atoms with Crippen molar-refractivity contribution in [3.63, 3.8) is 0 Å². The molecule has 2 heterocycles. The third-order valence-corrected chi connectivity index (χ3v) is 3.58. The highest BCUT2D eigenvalue weighted by atomic mass is 35.5. The van der Waals surface area contributed by atoms with E-state index in [1.165, 1.54) is 4.68 Å². The van der Waals surface area contributed by atoms with E-state index in [-0.39, 0.29) is 23.6 Å². The summed E-state index contributed by atoms with van der Waals surface area (Å²) in [6.45, 7) is 2.64. The minimum absolute atomic E-state index is 0.0399. The molecule has 8 nitrogen and oxygen atoms in total. The molecule has 0 spiro atoms. The molecule has 1 amide bonds. The van der Waals surface area contributed by atoms with Crippen LogP contribution in [0.15, 0.2) is 0 Å². The molecule has 0 radical (unpaired) electrons. The Morgan fingerprint density at radius 3 is 3.00 bits per heavy atom. The van der Waals surface area contributed by atoms with Gasteiger partial charge in [-0.05, 0) is 24.7 Å². The Morgan fingerprint density at radius 2 is 2.45 bits per heavy atom. The molecule has 1 N–H and O–H groups in total. The minimum atomic E-state index is -0.671. The first kappa shape index (κ1) is 14.7. The maximum atomic E-state index is 11.8. The highest BCUT2D eigenvalue weighted by molar-refractivity contribution is 6.33. The topological polar surface area (TPSA) is 99.3 Å². The highest BCUT2D eigenvalue weighted by Crippen LogP contribution is 2.26. The molecule has 1 fully saturated rings. The van der Waals surface area contributed by atoms with E-state index < -0.39 is 10.7 Å². The van der Waals surface area contributed by atoms with Crippen LogP contribution in [0.25, 0.3) is 0 Å². The van der Waals surface area contributed by atoms with Crippen LogP contribution < -0.4 is 5.32 Å². The van der Waals surface area contributed by atoms with Crippen LogP contribution in [-0.4, -0.2) is 39.9 Å². The van der Waals surface area contributed by atoms with Gasteiger partial charge >= 0.3 is 5.82 Å². The molecule has 20 heavy (non-hydrogen) atoms. The predicted octanol–water partition coefficient (Wildman–Crippen LogP) is 1.05. The quantitative estimate of drug-likeness (QED) is 0.647. The van der Waals surface area contributed by atoms with Gasteiger partial charge in [0.05, 0.1) is 16.9 Å². The number of carbonyl (C=O) groups is 1. The van der Waals surface area contributed by atoms with Crippen molar-refractivity contribution in [2.75, 3.05) is 13.2 Å². The lowest BCUT2D eigenvalue weighted by atomic mass is 10.2. The van der Waals surface area contributed by atoms with Gasteiger partial charge in [0, 0.05) is 13.2 Å². The standard InChI is InChI=1S/C11H15ClN4O4/c1-7-10(12)11(16(18)19)14-15(7)6-9(17)13-5-8-3-2-4-20-8/h8H,2-6H2,1H3,(H,13,17)/t8-/m0/s1. The molecule has 1 aliphatic rings. The van der Waals surface area contributed by atoms with E-state index in [1.54, 1.807) is 6.92 Å². The van der Waals surface area contributed by atoms with Crippen LogP contribution in [0.4, 0.5) is 5.82 Å². The number of carbonyl (C=O) groups excluding carboxylic acids is 1. The van der Waals surface area contributed by atoms with Crippen molar-refractivity contribution in [1.29, 1.82) is 0 Å². The van der Waals surface area contributed by atoms with E-state index in [9.17, 15) is 14.9 Å². The SMILES string of the molecule is Cc1c(Cl)c([N+](=O)[O-])nn1CC(=O)NC[C@@H]1CCCO1. The first-order valence-corrected chi connectivity index (χ1v) is 6.62. The summed E-state index contributed by atoms with van der Waals surface area (Å²) in [5.74, 6) is -0.714. The van der Waals surface area contributed by atoms with Crippen molar-refractivity contribution in [3.05, 3.63) is 20.8 Å². The van der Waals surface area contributed by atoms with Gasteiger partial charge in [0.25, 0.3) is 0 Å². The average molecular weight is 303 g/mol. The summed E-state index contributed by atoms with van der Waals surface area (Å²) in [5, 5.41) is 17.1. The summed E-state index contributed by atoms with van der Waals surface area (Å²) in [7, 11) is 0. The Morgan fingerprint density at radius 1 is 1.70 bits per heavy atom. The number of rotatable bonds is 5. The van der Waals surface area contributed by atoms with Crippen molar-refractivity contribution in [2.24, 2.45) is 0 Å². The smallest absolute Gasteiger partial charge is 0.376 e. The van der Waals surface area contributed by atoms with Gasteiger partial charge in [0.1, 0.15) is 6.54 Å². The maximum Gasteiger partial charge on any atom is 0.408 e. The largest absolute Gasteiger partial charge is 0.408 e. The Hall–Kier alpha value is -1.67. The molecule has 0 unspecified atom stereocenters. The Kier molecular flexibility index (Phi) is 4.56. The van der Waals surface area contributed by atoms with E-state index in [1.807, 2.05) is 0 Å². The van der Waals surface area contributed by atoms with Crippen LogP contribution in [0.2, 0.25) is 5.02 Å². The number of halogens is 1. The summed E-state index contributed by atoms with van der Waals surface area (Å²) in [5.41, 5.74) is 0.394. The van der Waals surface area contributed by atoms with E-state index in [4.69, 9.17) is 16.3 Å². The van der Waals surface area contributed by atoms with Gasteiger partial charge in [-0.3, -0.25) is 4.79 Å². The van der Waals surface area contributed by atoms with Crippen molar-refractivity contribution >= 4 is 23.3 Å². The summed E-state index contributed by atoms with van der Waals surface area (Å²) in [6, 6.07) is 0. The molecule has 1 atom stereocenters. The molecule has 0 bridgehead atoms. The van der Waals surface area contributed by atoms with Crippen LogP contribution in [0, 0.1) is 17.0 Å². The molecular formula is C11H15ClN4O4. The normalized spacial score (nSPS) is 18.2. The zero-order chi connectivity index (χ0) is 14.7. The molecule has 9 heteroatoms. The lowest BCUT2D eigenvalue weighted by Gasteiger charge is -2.10. The number of ether oxygens (including phenoxy) is 1. The van der Waals surface area contributed by atoms with Crippen molar-refractivity contribution in [3.8, 4) is 0 Å². The van der Waals surface area contributed by atoms with E-state index in [0.717, 1.165) is 19.4 Å². The van der Waals surface area contributed by atoms with Crippen molar-refractivity contribution in [2.45, 2.75) is 32.4 Å². The van der Waals surface area contributed by atoms with Gasteiger partial charge in [0.2, 0.25) is 5.91 Å². The van der Waals surface area contributed by atoms with Crippen molar-refractivity contribution in [1.82, 2.24) is 15.1 Å². The molecule has 1 saturated heterocycles. The Balaban J connectivity index is 1.93. The first-order chi connectivity index (χ1) is 9.49. The van der Waals surface area contributed by atoms with Gasteiger partial charge in [-0.15, -0.1) is 0 Å². The molecule has 1 aromatic rings. The van der Waals surface area contributed by atoms with Crippen LogP contribution >= 0.6 is 11.6 Å². The summed E-state index contributed by atoms with van der Waals surface area (Å²) in [6.07, 6.45) is 1.98. The van der Waals surface area contributed by atoms with E-state index in [0.29, 0.717) is 12.2 Å². The number of nitrogens with one attached hydrogen (secondary N) is 1. The maximum absolute atomic E-state index is 11.8. The monoisotopic (exact) mass is 302 g/mol. The van der Waals surface area contributed by atoms with Crippen LogP contribution in [0.3, 0.4) is 0 Å². The van der Waals surface area contributed by atoms with Gasteiger partial charge < -0.3 is 20.2 Å². The molecule has 1 aliphatic heterocycles. The zero-order valence-corrected chi connectivity index (χ0v) is 11.7. The molecule has 110 valence electrons. The molecule has 2 rings (SSSR count). The molecule has 0 aliphatic carbocycles. The number of hydrogen-bond acceptors (Lipinski definition) is 5. The number of aromatic nitrogens is 2. The van der Waals surface area contributed by atoms with E-state index >= 15 is 0 Å². The van der Waals surface area contributed by atoms with Crippen LogP contribution in [0.1, 0.15) is 18.5 Å². The van der Waals surface area contributed by atoms with Gasteiger partial charge in [-0.25, -0.2) is 0 Å². The number of amides is 1. The molecule has 1 aromatic heterocycles. The molecule has 0 saturated carbocycles. The second kappa shape index (κ2) is 6.19. The summed E-state index contributed by atoms with van der Waals surface area (Å²) in [4.78, 5) is 21.8. The fourth-order valence-corrected chi connectivity index (χ4v) is 2.21. The van der Waals surface area contributed by atoms with Crippen molar-refractivity contribution < 1.29 is 14.5 Å². The lowest BCUT2D eigenvalue weighted by Crippen LogP contribution is -2.34. The number of nitrogens with zero attached hydrogens (tertiary/aromatic N) is 3. The zero-order valence-electron chi connectivity index (χ0n) is 11.0. The lowest BCUT2D eigenvalue weighted by molar-refractivity contribution is -0.389. The van der Waals surface area contributed by atoms with Crippen LogP contribution in [0.5, 0.6) is 0 Å².